The number of nitrogens with one attached hydrogen (secondary N) is 1. The molecule has 2 fully saturated rings. The van der Waals surface area contributed by atoms with Gasteiger partial charge in [-0.15, -0.1) is 0 Å². The Labute approximate surface area is 265 Å². The SMILES string of the molecule is COc1c(C2CCCN(CC(=O)N3CCOCC3)C2C(=O)O)nn(C(=O)c2cccc(C(=O)O)c2)c1NCc1ccc(CN)cc1. The molecule has 1 amide bonds. The molecule has 2 atom stereocenters. The molecule has 14 heteroatoms. The van der Waals surface area contributed by atoms with Crippen LogP contribution < -0.4 is 15.8 Å². The topological polar surface area (TPSA) is 190 Å². The van der Waals surface area contributed by atoms with E-state index in [0.717, 1.165) is 15.8 Å². The Morgan fingerprint density at radius 3 is 2.37 bits per heavy atom. The van der Waals surface area contributed by atoms with Gasteiger partial charge in [0.15, 0.2) is 11.6 Å². The van der Waals surface area contributed by atoms with Crippen LogP contribution in [0.25, 0.3) is 0 Å². The van der Waals surface area contributed by atoms with Crippen LogP contribution in [-0.4, -0.2) is 106 Å². The number of carbonyl (C=O) groups excluding carboxylic acids is 2. The van der Waals surface area contributed by atoms with E-state index in [-0.39, 0.29) is 47.4 Å². The lowest BCUT2D eigenvalue weighted by Crippen LogP contribution is -2.54. The van der Waals surface area contributed by atoms with Gasteiger partial charge in [0.1, 0.15) is 11.7 Å². The zero-order valence-electron chi connectivity index (χ0n) is 25.6. The normalized spacial score (nSPS) is 18.6. The van der Waals surface area contributed by atoms with Crippen molar-refractivity contribution in [3.8, 4) is 5.75 Å². The van der Waals surface area contributed by atoms with Gasteiger partial charge in [-0.2, -0.15) is 9.78 Å². The highest BCUT2D eigenvalue weighted by Gasteiger charge is 2.43. The van der Waals surface area contributed by atoms with E-state index >= 15 is 0 Å². The van der Waals surface area contributed by atoms with Crippen LogP contribution in [0.1, 0.15) is 56.3 Å². The first-order chi connectivity index (χ1) is 22.2. The molecule has 3 heterocycles. The molecule has 5 N–H and O–H groups in total. The fourth-order valence-corrected chi connectivity index (χ4v) is 6.00. The Morgan fingerprint density at radius 2 is 1.72 bits per heavy atom. The minimum Gasteiger partial charge on any atom is -0.491 e. The minimum atomic E-state index is -1.19. The monoisotopic (exact) mass is 634 g/mol. The first kappa shape index (κ1) is 32.6. The Hall–Kier alpha value is -4.79. The molecule has 2 aromatic carbocycles. The minimum absolute atomic E-state index is 0.0708. The number of morpholine rings is 1. The van der Waals surface area contributed by atoms with Gasteiger partial charge >= 0.3 is 11.9 Å². The number of aromatic nitrogens is 2. The number of nitrogens with two attached hydrogens (primary N) is 1. The number of hydrogen-bond donors (Lipinski definition) is 4. The fourth-order valence-electron chi connectivity index (χ4n) is 6.00. The van der Waals surface area contributed by atoms with Crippen molar-refractivity contribution in [2.24, 2.45) is 5.73 Å². The summed E-state index contributed by atoms with van der Waals surface area (Å²) in [5, 5.41) is 27.8. The average Bonchev–Trinajstić information content (AvgIpc) is 3.45. The van der Waals surface area contributed by atoms with Gasteiger partial charge in [-0.25, -0.2) is 4.79 Å². The zero-order chi connectivity index (χ0) is 32.8. The van der Waals surface area contributed by atoms with Crippen LogP contribution in [0.5, 0.6) is 5.75 Å². The average molecular weight is 635 g/mol. The quantitative estimate of drug-likeness (QED) is 0.240. The first-order valence-electron chi connectivity index (χ1n) is 15.1. The summed E-state index contributed by atoms with van der Waals surface area (Å²) in [5.41, 5.74) is 7.82. The molecule has 2 aliphatic rings. The predicted octanol–water partition coefficient (Wildman–Crippen LogP) is 1.84. The maximum absolute atomic E-state index is 13.9. The predicted molar refractivity (Wildman–Crippen MR) is 166 cm³/mol. The van der Waals surface area contributed by atoms with Gasteiger partial charge in [-0.1, -0.05) is 30.3 Å². The van der Waals surface area contributed by atoms with Crippen LogP contribution in [-0.2, 0) is 27.4 Å². The second-order valence-corrected chi connectivity index (χ2v) is 11.2. The largest absolute Gasteiger partial charge is 0.491 e. The van der Waals surface area contributed by atoms with Crippen molar-refractivity contribution < 1.29 is 38.9 Å². The van der Waals surface area contributed by atoms with Crippen LogP contribution in [0, 0.1) is 0 Å². The number of aliphatic carboxylic acids is 1. The number of hydrogen-bond acceptors (Lipinski definition) is 10. The highest BCUT2D eigenvalue weighted by molar-refractivity contribution is 6.00. The summed E-state index contributed by atoms with van der Waals surface area (Å²) >= 11 is 0. The number of nitrogens with zero attached hydrogens (tertiary/aromatic N) is 4. The number of methoxy groups -OCH3 is 1. The third kappa shape index (κ3) is 7.03. The number of ether oxygens (including phenoxy) is 2. The van der Waals surface area contributed by atoms with Crippen molar-refractivity contribution in [2.45, 2.75) is 37.9 Å². The van der Waals surface area contributed by atoms with Crippen LogP contribution in [0.3, 0.4) is 0 Å². The molecule has 2 aliphatic heterocycles. The lowest BCUT2D eigenvalue weighted by Gasteiger charge is -2.39. The van der Waals surface area contributed by atoms with Gasteiger partial charge in [-0.3, -0.25) is 19.3 Å². The number of amides is 1. The summed E-state index contributed by atoms with van der Waals surface area (Å²) in [7, 11) is 1.42. The van der Waals surface area contributed by atoms with Crippen molar-refractivity contribution in [2.75, 3.05) is 51.8 Å². The third-order valence-corrected chi connectivity index (χ3v) is 8.38. The van der Waals surface area contributed by atoms with Crippen LogP contribution in [0.15, 0.2) is 48.5 Å². The third-order valence-electron chi connectivity index (χ3n) is 8.38. The molecule has 5 rings (SSSR count). The van der Waals surface area contributed by atoms with E-state index in [1.54, 1.807) is 9.80 Å². The zero-order valence-corrected chi connectivity index (χ0v) is 25.6. The molecule has 0 radical (unpaired) electrons. The van der Waals surface area contributed by atoms with Crippen molar-refractivity contribution >= 4 is 29.6 Å². The van der Waals surface area contributed by atoms with E-state index in [4.69, 9.17) is 15.2 Å². The molecule has 1 aromatic heterocycles. The summed E-state index contributed by atoms with van der Waals surface area (Å²) in [4.78, 5) is 54.8. The molecule has 3 aromatic rings. The highest BCUT2D eigenvalue weighted by Crippen LogP contribution is 2.41. The van der Waals surface area contributed by atoms with E-state index in [1.807, 2.05) is 24.3 Å². The van der Waals surface area contributed by atoms with E-state index in [2.05, 4.69) is 10.4 Å². The summed E-state index contributed by atoms with van der Waals surface area (Å²) in [6, 6.07) is 12.1. The van der Waals surface area contributed by atoms with Gasteiger partial charge in [0.05, 0.1) is 32.4 Å². The molecule has 2 saturated heterocycles. The number of aromatic carboxylic acids is 1. The Morgan fingerprint density at radius 1 is 1.02 bits per heavy atom. The first-order valence-corrected chi connectivity index (χ1v) is 15.1. The summed E-state index contributed by atoms with van der Waals surface area (Å²) in [6.07, 6.45) is 1.01. The number of carbonyl (C=O) groups is 4. The molecule has 2 unspecified atom stereocenters. The maximum atomic E-state index is 13.9. The second kappa shape index (κ2) is 14.5. The second-order valence-electron chi connectivity index (χ2n) is 11.2. The van der Waals surface area contributed by atoms with Crippen LogP contribution in [0.2, 0.25) is 0 Å². The van der Waals surface area contributed by atoms with Gasteiger partial charge in [-0.05, 0) is 48.7 Å². The van der Waals surface area contributed by atoms with Gasteiger partial charge < -0.3 is 35.6 Å². The van der Waals surface area contributed by atoms with Crippen molar-refractivity contribution in [3.05, 3.63) is 76.5 Å². The fraction of sp³-hybridized carbons (Fsp3) is 0.406. The van der Waals surface area contributed by atoms with E-state index in [0.29, 0.717) is 52.2 Å². The van der Waals surface area contributed by atoms with Crippen LogP contribution >= 0.6 is 0 Å². The lowest BCUT2D eigenvalue weighted by molar-refractivity contribution is -0.148. The van der Waals surface area contributed by atoms with Crippen LogP contribution in [0.4, 0.5) is 5.82 Å². The highest BCUT2D eigenvalue weighted by atomic mass is 16.5. The Kier molecular flexibility index (Phi) is 10.3. The number of rotatable bonds is 11. The van der Waals surface area contributed by atoms with E-state index < -0.39 is 29.8 Å². The number of piperidine rings is 1. The van der Waals surface area contributed by atoms with Crippen molar-refractivity contribution in [3.63, 3.8) is 0 Å². The number of likely N-dealkylation sites (tertiary alicyclic amines) is 1. The van der Waals surface area contributed by atoms with E-state index in [1.165, 1.54) is 31.4 Å². The molecule has 14 nitrogen and oxygen atoms in total. The summed E-state index contributed by atoms with van der Waals surface area (Å²) in [6.45, 7) is 2.73. The summed E-state index contributed by atoms with van der Waals surface area (Å²) in [5.74, 6) is -3.45. The smallest absolute Gasteiger partial charge is 0.335 e. The molecule has 244 valence electrons. The maximum Gasteiger partial charge on any atom is 0.335 e. The molecule has 46 heavy (non-hydrogen) atoms. The summed E-state index contributed by atoms with van der Waals surface area (Å²) < 4.78 is 12.3. The van der Waals surface area contributed by atoms with E-state index in [9.17, 15) is 29.4 Å². The van der Waals surface area contributed by atoms with Gasteiger partial charge in [0.25, 0.3) is 5.91 Å². The Bertz CT molecular complexity index is 1580. The number of carboxylic acids is 2. The number of anilines is 1. The standard InChI is InChI=1S/C32H38N6O8/c1-45-28-26(24-6-3-11-37(27(24)32(43)44)19-25(39)36-12-14-46-15-13-36)35-38(30(40)22-4-2-5-23(16-22)31(41)42)29(28)34-18-21-9-7-20(17-33)8-10-21/h2,4-5,7-10,16,24,27,34H,3,6,11-15,17-19,33H2,1H3,(H,41,42)(H,43,44). The molecular formula is C32H38N6O8. The molecule has 0 aliphatic carbocycles. The molecular weight excluding hydrogens is 596 g/mol. The van der Waals surface area contributed by atoms with Gasteiger partial charge in [0, 0.05) is 37.7 Å². The number of benzene rings is 2. The molecule has 0 spiro atoms. The lowest BCUT2D eigenvalue weighted by atomic mass is 9.86. The molecule has 0 bridgehead atoms. The Balaban J connectivity index is 1.52. The number of carboxylic acid groups (broad SMARTS) is 2. The van der Waals surface area contributed by atoms with Gasteiger partial charge in [0.2, 0.25) is 5.91 Å². The van der Waals surface area contributed by atoms with Crippen molar-refractivity contribution in [1.29, 1.82) is 0 Å². The molecule has 0 saturated carbocycles. The van der Waals surface area contributed by atoms with Crippen molar-refractivity contribution in [1.82, 2.24) is 19.6 Å².